The highest BCUT2D eigenvalue weighted by Gasteiger charge is 2.28. The monoisotopic (exact) mass is 421 g/mol. The van der Waals surface area contributed by atoms with Crippen molar-refractivity contribution in [1.82, 2.24) is 15.2 Å². The van der Waals surface area contributed by atoms with Crippen LogP contribution < -0.4 is 15.4 Å². The van der Waals surface area contributed by atoms with Crippen LogP contribution in [0.3, 0.4) is 0 Å². The van der Waals surface area contributed by atoms with Gasteiger partial charge in [0.1, 0.15) is 17.6 Å². The number of para-hydroxylation sites is 1. The standard InChI is InChI=1S/C23H27N5O3/c24-16-18-6-4-11-25-22(18)26-12-13-27-23(30)19-7-5-14-28(17-19)21(29)10-15-31-20-8-2-1-3-9-20/h1-4,6,8-9,11,19H,5,7,10,12-15,17H2,(H,25,26)(H,27,30). The van der Waals surface area contributed by atoms with E-state index >= 15 is 0 Å². The number of likely N-dealkylation sites (tertiary alicyclic amines) is 1. The first-order valence-corrected chi connectivity index (χ1v) is 10.5. The molecule has 3 rings (SSSR count). The van der Waals surface area contributed by atoms with Crippen molar-refractivity contribution in [2.24, 2.45) is 5.92 Å². The fourth-order valence-electron chi connectivity index (χ4n) is 3.50. The zero-order chi connectivity index (χ0) is 21.9. The normalized spacial score (nSPS) is 15.6. The fourth-order valence-corrected chi connectivity index (χ4v) is 3.50. The fraction of sp³-hybridized carbons (Fsp3) is 0.391. The number of amides is 2. The summed E-state index contributed by atoms with van der Waals surface area (Å²) < 4.78 is 5.60. The Morgan fingerprint density at radius 1 is 1.19 bits per heavy atom. The lowest BCUT2D eigenvalue weighted by atomic mass is 9.97. The predicted octanol–water partition coefficient (Wildman–Crippen LogP) is 2.19. The molecule has 2 heterocycles. The van der Waals surface area contributed by atoms with Crippen LogP contribution in [0.2, 0.25) is 0 Å². The summed E-state index contributed by atoms with van der Waals surface area (Å²) in [6.07, 6.45) is 3.47. The van der Waals surface area contributed by atoms with Crippen molar-refractivity contribution < 1.29 is 14.3 Å². The average Bonchev–Trinajstić information content (AvgIpc) is 2.82. The zero-order valence-corrected chi connectivity index (χ0v) is 17.4. The lowest BCUT2D eigenvalue weighted by Crippen LogP contribution is -2.46. The highest BCUT2D eigenvalue weighted by Crippen LogP contribution is 2.18. The molecule has 0 aliphatic carbocycles. The molecule has 1 atom stereocenters. The molecule has 0 radical (unpaired) electrons. The molecular weight excluding hydrogens is 394 g/mol. The van der Waals surface area contributed by atoms with E-state index in [1.54, 1.807) is 23.2 Å². The number of ether oxygens (including phenoxy) is 1. The van der Waals surface area contributed by atoms with Gasteiger partial charge in [0.2, 0.25) is 11.8 Å². The van der Waals surface area contributed by atoms with Gasteiger partial charge in [0.05, 0.1) is 24.5 Å². The molecule has 1 aromatic heterocycles. The van der Waals surface area contributed by atoms with Gasteiger partial charge in [-0.1, -0.05) is 18.2 Å². The van der Waals surface area contributed by atoms with Gasteiger partial charge in [-0.2, -0.15) is 5.26 Å². The highest BCUT2D eigenvalue weighted by molar-refractivity contribution is 5.81. The third kappa shape index (κ3) is 6.71. The van der Waals surface area contributed by atoms with Crippen molar-refractivity contribution in [3.8, 4) is 11.8 Å². The molecule has 31 heavy (non-hydrogen) atoms. The van der Waals surface area contributed by atoms with Crippen LogP contribution in [0.15, 0.2) is 48.7 Å². The minimum atomic E-state index is -0.211. The van der Waals surface area contributed by atoms with E-state index in [0.29, 0.717) is 50.6 Å². The molecule has 1 fully saturated rings. The summed E-state index contributed by atoms with van der Waals surface area (Å²) in [5.41, 5.74) is 0.464. The number of rotatable bonds is 9. The van der Waals surface area contributed by atoms with Crippen molar-refractivity contribution >= 4 is 17.6 Å². The van der Waals surface area contributed by atoms with Crippen LogP contribution in [0.5, 0.6) is 5.75 Å². The van der Waals surface area contributed by atoms with E-state index < -0.39 is 0 Å². The molecular formula is C23H27N5O3. The number of hydrogen-bond donors (Lipinski definition) is 2. The second-order valence-electron chi connectivity index (χ2n) is 7.32. The lowest BCUT2D eigenvalue weighted by molar-refractivity contribution is -0.136. The molecule has 1 aliphatic rings. The number of aromatic nitrogens is 1. The summed E-state index contributed by atoms with van der Waals surface area (Å²) in [6.45, 7) is 2.30. The van der Waals surface area contributed by atoms with Crippen molar-refractivity contribution in [3.05, 3.63) is 54.2 Å². The van der Waals surface area contributed by atoms with E-state index in [9.17, 15) is 9.59 Å². The van der Waals surface area contributed by atoms with Gasteiger partial charge in [0, 0.05) is 32.4 Å². The molecule has 8 nitrogen and oxygen atoms in total. The summed E-state index contributed by atoms with van der Waals surface area (Å²) in [5, 5.41) is 15.0. The summed E-state index contributed by atoms with van der Waals surface area (Å²) in [4.78, 5) is 30.9. The first-order valence-electron chi connectivity index (χ1n) is 10.5. The smallest absolute Gasteiger partial charge is 0.226 e. The Balaban J connectivity index is 1.37. The van der Waals surface area contributed by atoms with Crippen LogP contribution in [-0.2, 0) is 9.59 Å². The van der Waals surface area contributed by atoms with Crippen molar-refractivity contribution in [2.45, 2.75) is 19.3 Å². The molecule has 0 bridgehead atoms. The lowest BCUT2D eigenvalue weighted by Gasteiger charge is -2.32. The van der Waals surface area contributed by atoms with Crippen molar-refractivity contribution in [2.75, 3.05) is 38.1 Å². The number of benzene rings is 1. The predicted molar refractivity (Wildman–Crippen MR) is 116 cm³/mol. The summed E-state index contributed by atoms with van der Waals surface area (Å²) in [7, 11) is 0. The Morgan fingerprint density at radius 2 is 2.03 bits per heavy atom. The largest absolute Gasteiger partial charge is 0.493 e. The third-order valence-electron chi connectivity index (χ3n) is 5.12. The quantitative estimate of drug-likeness (QED) is 0.601. The number of anilines is 1. The van der Waals surface area contributed by atoms with E-state index in [-0.39, 0.29) is 17.7 Å². The van der Waals surface area contributed by atoms with Crippen LogP contribution in [0, 0.1) is 17.2 Å². The van der Waals surface area contributed by atoms with Gasteiger partial charge in [-0.25, -0.2) is 4.98 Å². The van der Waals surface area contributed by atoms with Gasteiger partial charge in [-0.3, -0.25) is 9.59 Å². The SMILES string of the molecule is N#Cc1cccnc1NCCNC(=O)C1CCCN(C(=O)CCOc2ccccc2)C1. The highest BCUT2D eigenvalue weighted by atomic mass is 16.5. The number of nitrogens with zero attached hydrogens (tertiary/aromatic N) is 3. The molecule has 1 saturated heterocycles. The number of pyridine rings is 1. The Bertz CT molecular complexity index is 913. The summed E-state index contributed by atoms with van der Waals surface area (Å²) >= 11 is 0. The maximum atomic E-state index is 12.5. The van der Waals surface area contributed by atoms with Crippen LogP contribution in [-0.4, -0.2) is 54.5 Å². The third-order valence-corrected chi connectivity index (χ3v) is 5.12. The molecule has 2 aromatic rings. The van der Waals surface area contributed by atoms with Gasteiger partial charge in [0.15, 0.2) is 0 Å². The minimum absolute atomic E-state index is 0.00860. The summed E-state index contributed by atoms with van der Waals surface area (Å²) in [5.74, 6) is 0.992. The Kier molecular flexibility index (Phi) is 8.23. The van der Waals surface area contributed by atoms with E-state index in [0.717, 1.165) is 18.6 Å². The average molecular weight is 422 g/mol. The molecule has 2 amide bonds. The second kappa shape index (κ2) is 11.6. The van der Waals surface area contributed by atoms with Gasteiger partial charge in [-0.05, 0) is 37.1 Å². The Morgan fingerprint density at radius 3 is 2.84 bits per heavy atom. The molecule has 0 saturated carbocycles. The van der Waals surface area contributed by atoms with E-state index in [4.69, 9.17) is 10.00 Å². The molecule has 2 N–H and O–H groups in total. The van der Waals surface area contributed by atoms with Crippen LogP contribution >= 0.6 is 0 Å². The molecule has 0 spiro atoms. The number of hydrogen-bond acceptors (Lipinski definition) is 6. The van der Waals surface area contributed by atoms with Crippen LogP contribution in [0.4, 0.5) is 5.82 Å². The number of nitriles is 1. The molecule has 1 aromatic carbocycles. The first kappa shape index (κ1) is 22.1. The maximum absolute atomic E-state index is 12.5. The molecule has 8 heteroatoms. The van der Waals surface area contributed by atoms with Gasteiger partial charge in [0.25, 0.3) is 0 Å². The van der Waals surface area contributed by atoms with Gasteiger partial charge >= 0.3 is 0 Å². The van der Waals surface area contributed by atoms with E-state index in [1.165, 1.54) is 0 Å². The molecule has 162 valence electrons. The van der Waals surface area contributed by atoms with E-state index in [2.05, 4.69) is 21.7 Å². The number of piperidine rings is 1. The second-order valence-corrected chi connectivity index (χ2v) is 7.32. The number of carbonyl (C=O) groups excluding carboxylic acids is 2. The van der Waals surface area contributed by atoms with Crippen molar-refractivity contribution in [1.29, 1.82) is 5.26 Å². The van der Waals surface area contributed by atoms with Gasteiger partial charge < -0.3 is 20.3 Å². The maximum Gasteiger partial charge on any atom is 0.226 e. The van der Waals surface area contributed by atoms with Crippen molar-refractivity contribution in [3.63, 3.8) is 0 Å². The zero-order valence-electron chi connectivity index (χ0n) is 17.4. The van der Waals surface area contributed by atoms with Gasteiger partial charge in [-0.15, -0.1) is 0 Å². The van der Waals surface area contributed by atoms with E-state index in [1.807, 2.05) is 30.3 Å². The molecule has 1 unspecified atom stereocenters. The number of nitrogens with one attached hydrogen (secondary N) is 2. The Hall–Kier alpha value is -3.60. The minimum Gasteiger partial charge on any atom is -0.493 e. The Labute approximate surface area is 182 Å². The summed E-state index contributed by atoms with van der Waals surface area (Å²) in [6, 6.07) is 14.9. The topological polar surface area (TPSA) is 107 Å². The van der Waals surface area contributed by atoms with Crippen LogP contribution in [0.25, 0.3) is 0 Å². The first-order chi connectivity index (χ1) is 15.2. The van der Waals surface area contributed by atoms with Crippen LogP contribution in [0.1, 0.15) is 24.8 Å². The molecule has 1 aliphatic heterocycles. The number of carbonyl (C=O) groups is 2.